The molecule has 0 bridgehead atoms. The van der Waals surface area contributed by atoms with Crippen molar-refractivity contribution in [3.63, 3.8) is 0 Å². The van der Waals surface area contributed by atoms with Crippen LogP contribution in [0.4, 0.5) is 0 Å². The van der Waals surface area contributed by atoms with Crippen LogP contribution in [-0.4, -0.2) is 0 Å². The van der Waals surface area contributed by atoms with Gasteiger partial charge in [0, 0.05) is 0 Å². The Kier molecular flexibility index (Phi) is 11.9. The summed E-state index contributed by atoms with van der Waals surface area (Å²) in [7, 11) is 0. The molecule has 0 aromatic rings. The summed E-state index contributed by atoms with van der Waals surface area (Å²) in [5.74, 6) is 0. The minimum Gasteiger partial charge on any atom is -0.0776 e. The molecule has 0 N–H and O–H groups in total. The maximum absolute atomic E-state index is 3.26. The first-order valence-electron chi connectivity index (χ1n) is 4.42. The monoisotopic (exact) mass is 294 g/mol. The van der Waals surface area contributed by atoms with E-state index in [9.17, 15) is 0 Å². The van der Waals surface area contributed by atoms with Crippen LogP contribution in [0.3, 0.4) is 0 Å². The molecule has 0 spiro atoms. The quantitative estimate of drug-likeness (QED) is 0.570. The normalized spacial score (nSPS) is 11.8. The fourth-order valence-electron chi connectivity index (χ4n) is 1.00. The van der Waals surface area contributed by atoms with E-state index in [1.54, 1.807) is 0 Å². The summed E-state index contributed by atoms with van der Waals surface area (Å²) >= 11 is 6.52. The molecule has 0 fully saturated rings. The average molecular weight is 296 g/mol. The Morgan fingerprint density at radius 3 is 1.42 bits per heavy atom. The van der Waals surface area contributed by atoms with Crippen LogP contribution in [0.25, 0.3) is 0 Å². The fraction of sp³-hybridized carbons (Fsp3) is 0.600. The van der Waals surface area contributed by atoms with Crippen LogP contribution in [0.1, 0.15) is 38.5 Å². The molecule has 0 rings (SSSR count). The Morgan fingerprint density at radius 1 is 0.667 bits per heavy atom. The Balaban J connectivity index is 2.91. The maximum Gasteiger partial charge on any atom is -0.0229 e. The summed E-state index contributed by atoms with van der Waals surface area (Å²) in [5, 5.41) is 0. The van der Waals surface area contributed by atoms with Gasteiger partial charge in [0.2, 0.25) is 0 Å². The molecule has 0 aromatic heterocycles. The van der Waals surface area contributed by atoms with Gasteiger partial charge in [-0.3, -0.25) is 0 Å². The molecule has 0 amide bonds. The zero-order valence-corrected chi connectivity index (χ0v) is 10.5. The lowest BCUT2D eigenvalue weighted by Gasteiger charge is -1.95. The van der Waals surface area contributed by atoms with Gasteiger partial charge in [0.1, 0.15) is 0 Å². The van der Waals surface area contributed by atoms with Gasteiger partial charge in [0.15, 0.2) is 0 Å². The van der Waals surface area contributed by atoms with E-state index in [2.05, 4.69) is 44.0 Å². The molecular weight excluding hydrogens is 280 g/mol. The summed E-state index contributed by atoms with van der Waals surface area (Å²) in [5.41, 5.74) is 0. The zero-order chi connectivity index (χ0) is 9.07. The third kappa shape index (κ3) is 10.4. The molecule has 0 saturated heterocycles. The van der Waals surface area contributed by atoms with Gasteiger partial charge in [-0.1, -0.05) is 56.9 Å². The molecule has 0 aliphatic rings. The van der Waals surface area contributed by atoms with E-state index in [1.165, 1.54) is 38.5 Å². The molecule has 0 heterocycles. The van der Waals surface area contributed by atoms with Gasteiger partial charge in [-0.2, -0.15) is 0 Å². The first-order chi connectivity index (χ1) is 5.91. The van der Waals surface area contributed by atoms with Crippen LogP contribution in [0.2, 0.25) is 0 Å². The van der Waals surface area contributed by atoms with E-state index in [0.717, 1.165) is 0 Å². The van der Waals surface area contributed by atoms with Gasteiger partial charge in [-0.15, -0.1) is 0 Å². The smallest absolute Gasteiger partial charge is 0.0229 e. The van der Waals surface area contributed by atoms with E-state index in [1.807, 2.05) is 9.97 Å². The molecule has 0 radical (unpaired) electrons. The van der Waals surface area contributed by atoms with Gasteiger partial charge >= 0.3 is 0 Å². The van der Waals surface area contributed by atoms with Crippen molar-refractivity contribution in [1.82, 2.24) is 0 Å². The average Bonchev–Trinajstić information content (AvgIpc) is 2.10. The summed E-state index contributed by atoms with van der Waals surface area (Å²) < 4.78 is 0. The topological polar surface area (TPSA) is 0 Å². The minimum atomic E-state index is 1.21. The summed E-state index contributed by atoms with van der Waals surface area (Å²) in [6, 6.07) is 0. The van der Waals surface area contributed by atoms with Crippen molar-refractivity contribution in [3.05, 3.63) is 22.1 Å². The third-order valence-corrected chi connectivity index (χ3v) is 2.42. The first kappa shape index (κ1) is 12.4. The largest absolute Gasteiger partial charge is 0.0776 e. The van der Waals surface area contributed by atoms with Crippen molar-refractivity contribution < 1.29 is 0 Å². The highest BCUT2D eigenvalue weighted by Crippen LogP contribution is 2.07. The van der Waals surface area contributed by atoms with Crippen LogP contribution in [-0.2, 0) is 0 Å². The van der Waals surface area contributed by atoms with Crippen molar-refractivity contribution in [2.75, 3.05) is 0 Å². The van der Waals surface area contributed by atoms with Crippen molar-refractivity contribution in [1.29, 1.82) is 0 Å². The molecule has 2 heteroatoms. The number of halogens is 2. The molecule has 0 unspecified atom stereocenters. The SMILES string of the molecule is Br/C=C/CCCCCC/C=C/Br. The predicted octanol–water partition coefficient (Wildman–Crippen LogP) is 5.14. The van der Waals surface area contributed by atoms with E-state index >= 15 is 0 Å². The van der Waals surface area contributed by atoms with Gasteiger partial charge in [0.25, 0.3) is 0 Å². The van der Waals surface area contributed by atoms with Gasteiger partial charge in [-0.05, 0) is 35.7 Å². The number of hydrogen-bond donors (Lipinski definition) is 0. The first-order valence-corrected chi connectivity index (χ1v) is 6.25. The molecular formula is C10H16Br2. The summed E-state index contributed by atoms with van der Waals surface area (Å²) in [6.07, 6.45) is 12.1. The van der Waals surface area contributed by atoms with Crippen molar-refractivity contribution in [3.8, 4) is 0 Å². The third-order valence-electron chi connectivity index (χ3n) is 1.67. The second-order valence-electron chi connectivity index (χ2n) is 2.71. The maximum atomic E-state index is 3.26. The highest BCUT2D eigenvalue weighted by Gasteiger charge is 1.86. The molecule has 12 heavy (non-hydrogen) atoms. The van der Waals surface area contributed by atoms with Gasteiger partial charge in [0.05, 0.1) is 0 Å². The Bertz CT molecular complexity index is 112. The van der Waals surface area contributed by atoms with Crippen LogP contribution in [0, 0.1) is 0 Å². The molecule has 0 saturated carbocycles. The minimum absolute atomic E-state index is 1.21. The highest BCUT2D eigenvalue weighted by molar-refractivity contribution is 9.11. The second kappa shape index (κ2) is 11.4. The number of rotatable bonds is 7. The van der Waals surface area contributed by atoms with E-state index < -0.39 is 0 Å². The van der Waals surface area contributed by atoms with Crippen LogP contribution in [0.5, 0.6) is 0 Å². The Morgan fingerprint density at radius 2 is 1.08 bits per heavy atom. The number of unbranched alkanes of at least 4 members (excludes halogenated alkanes) is 5. The molecule has 0 aliphatic heterocycles. The standard InChI is InChI=1S/C10H16Br2/c11-9-7-5-3-1-2-4-6-8-10-12/h7-10H,1-6H2/b9-7+,10-8+. The van der Waals surface area contributed by atoms with Crippen LogP contribution >= 0.6 is 31.9 Å². The van der Waals surface area contributed by atoms with E-state index in [4.69, 9.17) is 0 Å². The lowest BCUT2D eigenvalue weighted by Crippen LogP contribution is -1.75. The van der Waals surface area contributed by atoms with Crippen LogP contribution < -0.4 is 0 Å². The van der Waals surface area contributed by atoms with Crippen molar-refractivity contribution in [2.45, 2.75) is 38.5 Å². The van der Waals surface area contributed by atoms with Gasteiger partial charge in [-0.25, -0.2) is 0 Å². The van der Waals surface area contributed by atoms with Crippen molar-refractivity contribution in [2.24, 2.45) is 0 Å². The van der Waals surface area contributed by atoms with Crippen molar-refractivity contribution >= 4 is 31.9 Å². The Hall–Kier alpha value is 0.440. The number of allylic oxidation sites excluding steroid dienone is 2. The highest BCUT2D eigenvalue weighted by atomic mass is 79.9. The lowest BCUT2D eigenvalue weighted by molar-refractivity contribution is 0.653. The molecule has 0 nitrogen and oxygen atoms in total. The molecule has 0 atom stereocenters. The van der Waals surface area contributed by atoms with E-state index in [0.29, 0.717) is 0 Å². The summed E-state index contributed by atoms with van der Waals surface area (Å²) in [4.78, 5) is 3.89. The lowest BCUT2D eigenvalue weighted by atomic mass is 10.1. The molecule has 0 aromatic carbocycles. The molecule has 70 valence electrons. The fourth-order valence-corrected chi connectivity index (χ4v) is 1.53. The van der Waals surface area contributed by atoms with Gasteiger partial charge < -0.3 is 0 Å². The Labute approximate surface area is 92.4 Å². The summed E-state index contributed by atoms with van der Waals surface area (Å²) in [6.45, 7) is 0. The number of hydrogen-bond acceptors (Lipinski definition) is 0. The zero-order valence-electron chi connectivity index (χ0n) is 7.31. The molecule has 0 aliphatic carbocycles. The van der Waals surface area contributed by atoms with Crippen LogP contribution in [0.15, 0.2) is 22.1 Å². The predicted molar refractivity (Wildman–Crippen MR) is 63.8 cm³/mol. The second-order valence-corrected chi connectivity index (χ2v) is 3.77. The van der Waals surface area contributed by atoms with E-state index in [-0.39, 0.29) is 0 Å².